The summed E-state index contributed by atoms with van der Waals surface area (Å²) >= 11 is 5.74. The molecule has 2 rings (SSSR count). The third kappa shape index (κ3) is 3.71. The predicted octanol–water partition coefficient (Wildman–Crippen LogP) is 2.17. The number of alkyl halides is 1. The molecule has 1 aliphatic rings. The number of carbonyl (C=O) groups is 1. The Labute approximate surface area is 120 Å². The fourth-order valence-corrected chi connectivity index (χ4v) is 2.71. The highest BCUT2D eigenvalue weighted by Gasteiger charge is 2.25. The molecule has 0 saturated carbocycles. The van der Waals surface area contributed by atoms with E-state index in [1.807, 2.05) is 42.2 Å². The quantitative estimate of drug-likeness (QED) is 0.789. The summed E-state index contributed by atoms with van der Waals surface area (Å²) in [5.41, 5.74) is 1.09. The first-order valence-electron chi connectivity index (χ1n) is 6.84. The third-order valence-corrected chi connectivity index (χ3v) is 3.92. The lowest BCUT2D eigenvalue weighted by Gasteiger charge is -2.35. The maximum atomic E-state index is 12.4. The molecule has 4 heteroatoms. The van der Waals surface area contributed by atoms with E-state index in [0.29, 0.717) is 5.88 Å². The van der Waals surface area contributed by atoms with E-state index in [9.17, 15) is 4.79 Å². The van der Waals surface area contributed by atoms with Crippen LogP contribution in [0.1, 0.15) is 18.4 Å². The molecule has 1 unspecified atom stereocenters. The fourth-order valence-electron chi connectivity index (χ4n) is 2.47. The van der Waals surface area contributed by atoms with Gasteiger partial charge in [0.1, 0.15) is 0 Å². The van der Waals surface area contributed by atoms with Crippen LogP contribution < -0.4 is 0 Å². The Morgan fingerprint density at radius 2 is 1.84 bits per heavy atom. The van der Waals surface area contributed by atoms with Gasteiger partial charge in [0, 0.05) is 38.6 Å². The summed E-state index contributed by atoms with van der Waals surface area (Å²) < 4.78 is 0. The Balaban J connectivity index is 1.91. The van der Waals surface area contributed by atoms with Crippen molar-refractivity contribution in [3.63, 3.8) is 0 Å². The molecule has 0 N–H and O–H groups in total. The van der Waals surface area contributed by atoms with E-state index in [4.69, 9.17) is 11.6 Å². The minimum Gasteiger partial charge on any atom is -0.340 e. The smallest absolute Gasteiger partial charge is 0.229 e. The van der Waals surface area contributed by atoms with Crippen molar-refractivity contribution < 1.29 is 4.79 Å². The second-order valence-electron chi connectivity index (χ2n) is 4.99. The molecule has 104 valence electrons. The summed E-state index contributed by atoms with van der Waals surface area (Å²) in [4.78, 5) is 16.7. The van der Waals surface area contributed by atoms with Crippen molar-refractivity contribution >= 4 is 17.5 Å². The molecule has 0 aliphatic carbocycles. The van der Waals surface area contributed by atoms with Gasteiger partial charge in [0.25, 0.3) is 0 Å². The van der Waals surface area contributed by atoms with Crippen LogP contribution in [0.3, 0.4) is 0 Å². The van der Waals surface area contributed by atoms with Crippen LogP contribution in [0.4, 0.5) is 0 Å². The molecule has 1 atom stereocenters. The first kappa shape index (κ1) is 14.4. The van der Waals surface area contributed by atoms with Crippen molar-refractivity contribution in [3.05, 3.63) is 35.9 Å². The van der Waals surface area contributed by atoms with Gasteiger partial charge in [0.15, 0.2) is 0 Å². The number of nitrogens with zero attached hydrogens (tertiary/aromatic N) is 2. The molecule has 1 amide bonds. The van der Waals surface area contributed by atoms with Gasteiger partial charge in [-0.1, -0.05) is 30.3 Å². The Morgan fingerprint density at radius 1 is 1.21 bits per heavy atom. The number of benzene rings is 1. The van der Waals surface area contributed by atoms with Crippen LogP contribution in [0.25, 0.3) is 0 Å². The maximum Gasteiger partial charge on any atom is 0.229 e. The Hall–Kier alpha value is -1.06. The van der Waals surface area contributed by atoms with Crippen molar-refractivity contribution in [1.82, 2.24) is 9.80 Å². The van der Waals surface area contributed by atoms with Crippen LogP contribution in [-0.4, -0.2) is 54.3 Å². The van der Waals surface area contributed by atoms with Crippen LogP contribution in [0.2, 0.25) is 0 Å². The van der Waals surface area contributed by atoms with Gasteiger partial charge in [0.05, 0.1) is 5.92 Å². The monoisotopic (exact) mass is 280 g/mol. The predicted molar refractivity (Wildman–Crippen MR) is 78.6 cm³/mol. The number of carbonyl (C=O) groups excluding carboxylic acids is 1. The van der Waals surface area contributed by atoms with Gasteiger partial charge in [-0.15, -0.1) is 11.6 Å². The molecule has 1 aliphatic heterocycles. The van der Waals surface area contributed by atoms with E-state index in [1.165, 1.54) is 0 Å². The molecule has 1 saturated heterocycles. The second kappa shape index (κ2) is 6.92. The molecular formula is C15H21ClN2O. The minimum atomic E-state index is -0.0548. The zero-order valence-electron chi connectivity index (χ0n) is 11.4. The van der Waals surface area contributed by atoms with Crippen LogP contribution in [0.15, 0.2) is 30.3 Å². The Bertz CT molecular complexity index is 402. The molecule has 1 aromatic carbocycles. The number of hydrogen-bond acceptors (Lipinski definition) is 2. The second-order valence-corrected chi connectivity index (χ2v) is 5.37. The van der Waals surface area contributed by atoms with Gasteiger partial charge < -0.3 is 4.90 Å². The summed E-state index contributed by atoms with van der Waals surface area (Å²) in [6, 6.07) is 9.99. The van der Waals surface area contributed by atoms with Gasteiger partial charge in [0.2, 0.25) is 5.91 Å². The van der Waals surface area contributed by atoms with Gasteiger partial charge in [-0.2, -0.15) is 0 Å². The van der Waals surface area contributed by atoms with Crippen molar-refractivity contribution in [3.8, 4) is 0 Å². The summed E-state index contributed by atoms with van der Waals surface area (Å²) in [5, 5.41) is 0. The number of amides is 1. The number of hydrogen-bond donors (Lipinski definition) is 0. The Morgan fingerprint density at radius 3 is 2.42 bits per heavy atom. The summed E-state index contributed by atoms with van der Waals surface area (Å²) in [7, 11) is 0. The molecular weight excluding hydrogens is 260 g/mol. The van der Waals surface area contributed by atoms with Crippen molar-refractivity contribution in [1.29, 1.82) is 0 Å². The third-order valence-electron chi connectivity index (χ3n) is 3.75. The lowest BCUT2D eigenvalue weighted by atomic mass is 9.99. The van der Waals surface area contributed by atoms with Crippen LogP contribution in [-0.2, 0) is 4.79 Å². The van der Waals surface area contributed by atoms with E-state index in [1.54, 1.807) is 0 Å². The van der Waals surface area contributed by atoms with E-state index < -0.39 is 0 Å². The zero-order valence-corrected chi connectivity index (χ0v) is 12.1. The first-order valence-corrected chi connectivity index (χ1v) is 7.38. The molecule has 1 aromatic rings. The van der Waals surface area contributed by atoms with Crippen LogP contribution >= 0.6 is 11.6 Å². The summed E-state index contributed by atoms with van der Waals surface area (Å²) in [6.45, 7) is 6.39. The molecule has 0 spiro atoms. The standard InChI is InChI=1S/C15H21ClN2O/c1-13(14-5-3-2-4-6-14)15(19)18-11-9-17(8-7-16)10-12-18/h2-6,13H,7-12H2,1H3. The first-order chi connectivity index (χ1) is 9.22. The highest BCUT2D eigenvalue weighted by atomic mass is 35.5. The van der Waals surface area contributed by atoms with E-state index in [-0.39, 0.29) is 11.8 Å². The van der Waals surface area contributed by atoms with Gasteiger partial charge >= 0.3 is 0 Å². The Kier molecular flexibility index (Phi) is 5.23. The SMILES string of the molecule is CC(C(=O)N1CCN(CCCl)CC1)c1ccccc1. The van der Waals surface area contributed by atoms with Gasteiger partial charge in [-0.05, 0) is 12.5 Å². The normalized spacial score (nSPS) is 18.3. The van der Waals surface area contributed by atoms with E-state index >= 15 is 0 Å². The topological polar surface area (TPSA) is 23.6 Å². The molecule has 3 nitrogen and oxygen atoms in total. The van der Waals surface area contributed by atoms with Crippen molar-refractivity contribution in [2.75, 3.05) is 38.6 Å². The lowest BCUT2D eigenvalue weighted by Crippen LogP contribution is -2.50. The molecule has 0 radical (unpaired) electrons. The summed E-state index contributed by atoms with van der Waals surface area (Å²) in [6.07, 6.45) is 0. The van der Waals surface area contributed by atoms with Crippen molar-refractivity contribution in [2.24, 2.45) is 0 Å². The average molecular weight is 281 g/mol. The van der Waals surface area contributed by atoms with E-state index in [0.717, 1.165) is 38.3 Å². The molecule has 0 bridgehead atoms. The van der Waals surface area contributed by atoms with Gasteiger partial charge in [-0.3, -0.25) is 9.69 Å². The van der Waals surface area contributed by atoms with Gasteiger partial charge in [-0.25, -0.2) is 0 Å². The fraction of sp³-hybridized carbons (Fsp3) is 0.533. The molecule has 0 aromatic heterocycles. The van der Waals surface area contributed by atoms with Crippen molar-refractivity contribution in [2.45, 2.75) is 12.8 Å². The van der Waals surface area contributed by atoms with Crippen LogP contribution in [0, 0.1) is 0 Å². The minimum absolute atomic E-state index is 0.0548. The number of rotatable bonds is 4. The summed E-state index contributed by atoms with van der Waals surface area (Å²) in [5.74, 6) is 0.839. The molecule has 19 heavy (non-hydrogen) atoms. The number of halogens is 1. The zero-order chi connectivity index (χ0) is 13.7. The molecule has 1 fully saturated rings. The number of piperazine rings is 1. The lowest BCUT2D eigenvalue weighted by molar-refractivity contribution is -0.134. The molecule has 1 heterocycles. The largest absolute Gasteiger partial charge is 0.340 e. The highest BCUT2D eigenvalue weighted by Crippen LogP contribution is 2.18. The van der Waals surface area contributed by atoms with E-state index in [2.05, 4.69) is 4.90 Å². The average Bonchev–Trinajstić information content (AvgIpc) is 2.48. The highest BCUT2D eigenvalue weighted by molar-refractivity contribution is 6.18. The maximum absolute atomic E-state index is 12.4. The van der Waals surface area contributed by atoms with Crippen LogP contribution in [0.5, 0.6) is 0 Å².